The molecule has 0 radical (unpaired) electrons. The number of rotatable bonds is 9. The van der Waals surface area contributed by atoms with Crippen LogP contribution in [0.4, 0.5) is 11.4 Å². The van der Waals surface area contributed by atoms with Gasteiger partial charge in [-0.1, -0.05) is 55.8 Å². The molecule has 1 aromatic heterocycles. The molecule has 4 N–H and O–H groups in total. The van der Waals surface area contributed by atoms with Crippen LogP contribution in [0.25, 0.3) is 10.9 Å². The third kappa shape index (κ3) is 7.55. The van der Waals surface area contributed by atoms with Crippen molar-refractivity contribution < 1.29 is 4.79 Å². The summed E-state index contributed by atoms with van der Waals surface area (Å²) < 4.78 is 2.17. The standard InChI is InChI=1S/C23H30N4O.C6H6S/c1-4-8-18(13-22(24)28)26-20-11-6-5-10-19(20)25-14-17-15-27(3)21-12-7-9-16(2)23(17)21;7-6-4-2-1-3-5-6/h5-7,9-12,15,18,25-26H,4,8,13-14H2,1-3H3,(H2,24,28);1-5,7H. The second kappa shape index (κ2) is 12.9. The lowest BCUT2D eigenvalue weighted by molar-refractivity contribution is -0.118. The van der Waals surface area contributed by atoms with Crippen molar-refractivity contribution in [1.82, 2.24) is 4.57 Å². The van der Waals surface area contributed by atoms with Crippen molar-refractivity contribution in [2.24, 2.45) is 12.8 Å². The normalized spacial score (nSPS) is 11.4. The van der Waals surface area contributed by atoms with E-state index in [0.29, 0.717) is 6.42 Å². The lowest BCUT2D eigenvalue weighted by atomic mass is 10.1. The zero-order valence-electron chi connectivity index (χ0n) is 20.8. The monoisotopic (exact) mass is 488 g/mol. The zero-order chi connectivity index (χ0) is 25.2. The van der Waals surface area contributed by atoms with Gasteiger partial charge in [0.25, 0.3) is 0 Å². The number of primary amides is 1. The molecular weight excluding hydrogens is 452 g/mol. The molecule has 1 atom stereocenters. The lowest BCUT2D eigenvalue weighted by Gasteiger charge is -2.21. The fourth-order valence-electron chi connectivity index (χ4n) is 4.28. The molecule has 0 saturated carbocycles. The summed E-state index contributed by atoms with van der Waals surface area (Å²) in [7, 11) is 2.08. The molecule has 5 nitrogen and oxygen atoms in total. The van der Waals surface area contributed by atoms with E-state index in [0.717, 1.165) is 35.7 Å². The number of carbonyl (C=O) groups excluding carboxylic acids is 1. The van der Waals surface area contributed by atoms with Crippen molar-refractivity contribution in [3.8, 4) is 0 Å². The van der Waals surface area contributed by atoms with E-state index < -0.39 is 0 Å². The Balaban J connectivity index is 0.000000420. The van der Waals surface area contributed by atoms with Crippen molar-refractivity contribution >= 4 is 40.8 Å². The molecule has 6 heteroatoms. The maximum Gasteiger partial charge on any atom is 0.219 e. The predicted octanol–water partition coefficient (Wildman–Crippen LogP) is 6.53. The van der Waals surface area contributed by atoms with Crippen molar-refractivity contribution in [2.75, 3.05) is 10.6 Å². The number of anilines is 2. The number of benzene rings is 3. The summed E-state index contributed by atoms with van der Waals surface area (Å²) in [6, 6.07) is 24.4. The Hall–Kier alpha value is -3.38. The Morgan fingerprint density at radius 2 is 1.69 bits per heavy atom. The highest BCUT2D eigenvalue weighted by Gasteiger charge is 2.14. The first-order valence-electron chi connectivity index (χ1n) is 12.0. The van der Waals surface area contributed by atoms with Gasteiger partial charge in [-0.05, 0) is 54.8 Å². The number of thiol groups is 1. The van der Waals surface area contributed by atoms with Crippen LogP contribution in [0.15, 0.2) is 83.9 Å². The number of aromatic nitrogens is 1. The molecule has 0 aliphatic carbocycles. The van der Waals surface area contributed by atoms with Gasteiger partial charge in [-0.3, -0.25) is 4.79 Å². The fraction of sp³-hybridized carbons (Fsp3) is 0.276. The molecule has 0 bridgehead atoms. The topological polar surface area (TPSA) is 72.1 Å². The number of amides is 1. The number of hydrogen-bond acceptors (Lipinski definition) is 4. The fourth-order valence-corrected chi connectivity index (χ4v) is 4.46. The molecule has 0 saturated heterocycles. The molecule has 0 fully saturated rings. The second-order valence-electron chi connectivity index (χ2n) is 8.77. The molecular formula is C29H36N4OS. The minimum atomic E-state index is -0.275. The van der Waals surface area contributed by atoms with E-state index in [1.54, 1.807) is 0 Å². The van der Waals surface area contributed by atoms with E-state index in [2.05, 4.69) is 79.2 Å². The highest BCUT2D eigenvalue weighted by atomic mass is 32.1. The summed E-state index contributed by atoms with van der Waals surface area (Å²) in [4.78, 5) is 12.4. The highest BCUT2D eigenvalue weighted by molar-refractivity contribution is 7.80. The third-order valence-corrected chi connectivity index (χ3v) is 6.20. The molecule has 0 aliphatic rings. The van der Waals surface area contributed by atoms with Gasteiger partial charge >= 0.3 is 0 Å². The maximum atomic E-state index is 11.4. The number of fused-ring (bicyclic) bond motifs is 1. The Labute approximate surface area is 214 Å². The van der Waals surface area contributed by atoms with Crippen molar-refractivity contribution in [3.05, 3.63) is 90.1 Å². The van der Waals surface area contributed by atoms with Gasteiger partial charge in [-0.25, -0.2) is 0 Å². The van der Waals surface area contributed by atoms with E-state index in [4.69, 9.17) is 5.73 Å². The summed E-state index contributed by atoms with van der Waals surface area (Å²) in [5.41, 5.74) is 11.2. The van der Waals surface area contributed by atoms with Crippen LogP contribution in [0.1, 0.15) is 37.3 Å². The molecule has 0 aliphatic heterocycles. The van der Waals surface area contributed by atoms with Crippen LogP contribution in [0.3, 0.4) is 0 Å². The van der Waals surface area contributed by atoms with Crippen molar-refractivity contribution in [3.63, 3.8) is 0 Å². The Bertz CT molecular complexity index is 1240. The highest BCUT2D eigenvalue weighted by Crippen LogP contribution is 2.28. The van der Waals surface area contributed by atoms with E-state index in [1.807, 2.05) is 48.5 Å². The second-order valence-corrected chi connectivity index (χ2v) is 9.29. The third-order valence-electron chi connectivity index (χ3n) is 5.90. The molecule has 4 rings (SSSR count). The van der Waals surface area contributed by atoms with Crippen LogP contribution in [0.2, 0.25) is 0 Å². The molecule has 4 aromatic rings. The first-order chi connectivity index (χ1) is 16.9. The van der Waals surface area contributed by atoms with E-state index in [9.17, 15) is 4.79 Å². The van der Waals surface area contributed by atoms with Gasteiger partial charge in [0, 0.05) is 48.1 Å². The van der Waals surface area contributed by atoms with Crippen LogP contribution < -0.4 is 16.4 Å². The average molecular weight is 489 g/mol. The summed E-state index contributed by atoms with van der Waals surface area (Å²) in [6.07, 6.45) is 4.42. The van der Waals surface area contributed by atoms with Gasteiger partial charge in [-0.15, -0.1) is 12.6 Å². The maximum absolute atomic E-state index is 11.4. The predicted molar refractivity (Wildman–Crippen MR) is 151 cm³/mol. The van der Waals surface area contributed by atoms with Gasteiger partial charge in [-0.2, -0.15) is 0 Å². The summed E-state index contributed by atoms with van der Waals surface area (Å²) in [5, 5.41) is 8.38. The zero-order valence-corrected chi connectivity index (χ0v) is 21.7. The van der Waals surface area contributed by atoms with Crippen molar-refractivity contribution in [1.29, 1.82) is 0 Å². The number of aryl methyl sites for hydroxylation is 2. The Kier molecular flexibility index (Phi) is 9.67. The van der Waals surface area contributed by atoms with Gasteiger partial charge in [0.2, 0.25) is 5.91 Å². The molecule has 0 spiro atoms. The van der Waals surface area contributed by atoms with Gasteiger partial charge in [0.1, 0.15) is 0 Å². The number of nitrogens with one attached hydrogen (secondary N) is 2. The summed E-state index contributed by atoms with van der Waals surface area (Å²) in [5.74, 6) is -0.275. The average Bonchev–Trinajstić information content (AvgIpc) is 3.16. The van der Waals surface area contributed by atoms with Gasteiger partial charge in [0.05, 0.1) is 11.4 Å². The van der Waals surface area contributed by atoms with Crippen LogP contribution in [-0.4, -0.2) is 16.5 Å². The van der Waals surface area contributed by atoms with Crippen LogP contribution >= 0.6 is 12.6 Å². The minimum Gasteiger partial charge on any atom is -0.380 e. The lowest BCUT2D eigenvalue weighted by Crippen LogP contribution is -2.27. The molecule has 184 valence electrons. The van der Waals surface area contributed by atoms with Crippen LogP contribution in [0.5, 0.6) is 0 Å². The van der Waals surface area contributed by atoms with E-state index >= 15 is 0 Å². The Morgan fingerprint density at radius 3 is 2.31 bits per heavy atom. The molecule has 35 heavy (non-hydrogen) atoms. The van der Waals surface area contributed by atoms with Crippen LogP contribution in [0, 0.1) is 6.92 Å². The number of nitrogens with two attached hydrogens (primary N) is 1. The summed E-state index contributed by atoms with van der Waals surface area (Å²) in [6.45, 7) is 5.00. The van der Waals surface area contributed by atoms with Gasteiger partial charge in [0.15, 0.2) is 0 Å². The smallest absolute Gasteiger partial charge is 0.219 e. The quantitative estimate of drug-likeness (QED) is 0.202. The number of para-hydroxylation sites is 2. The van der Waals surface area contributed by atoms with Crippen molar-refractivity contribution in [2.45, 2.75) is 50.6 Å². The number of hydrogen-bond donors (Lipinski definition) is 4. The van der Waals surface area contributed by atoms with E-state index in [-0.39, 0.29) is 11.9 Å². The van der Waals surface area contributed by atoms with Gasteiger partial charge < -0.3 is 20.9 Å². The first kappa shape index (κ1) is 26.2. The number of nitrogens with zero attached hydrogens (tertiary/aromatic N) is 1. The van der Waals surface area contributed by atoms with E-state index in [1.165, 1.54) is 22.0 Å². The number of carbonyl (C=O) groups is 1. The van der Waals surface area contributed by atoms with Crippen LogP contribution in [-0.2, 0) is 18.4 Å². The molecule has 1 amide bonds. The summed E-state index contributed by atoms with van der Waals surface area (Å²) >= 11 is 4.08. The minimum absolute atomic E-state index is 0.0465. The molecule has 3 aromatic carbocycles. The molecule has 1 heterocycles. The largest absolute Gasteiger partial charge is 0.380 e. The first-order valence-corrected chi connectivity index (χ1v) is 12.5. The molecule has 1 unspecified atom stereocenters. The SMILES string of the molecule is CCCC(CC(N)=O)Nc1ccccc1NCc1cn(C)c2cccc(C)c12.Sc1ccccc1. The Morgan fingerprint density at radius 1 is 1.00 bits per heavy atom.